The van der Waals surface area contributed by atoms with E-state index in [0.717, 1.165) is 32.7 Å². The Morgan fingerprint density at radius 2 is 2.04 bits per heavy atom. The predicted octanol–water partition coefficient (Wildman–Crippen LogP) is 2.05. The standard InChI is InChI=1S/C18H16FN3O3/c19-14-11-21(16-6-3-9-25-16)18(24)22(17(14)23)10-13-8-7-12-4-1-2-5-15(12)20-13/h1-2,4-5,7-8,11,16H,3,6,9-10H2. The van der Waals surface area contributed by atoms with Gasteiger partial charge in [-0.2, -0.15) is 4.39 Å². The van der Waals surface area contributed by atoms with Crippen LogP contribution in [0.2, 0.25) is 0 Å². The highest BCUT2D eigenvalue weighted by Crippen LogP contribution is 2.20. The second kappa shape index (κ2) is 6.25. The number of rotatable bonds is 3. The van der Waals surface area contributed by atoms with E-state index in [1.54, 1.807) is 6.07 Å². The van der Waals surface area contributed by atoms with E-state index >= 15 is 0 Å². The molecule has 0 bridgehead atoms. The molecule has 1 fully saturated rings. The molecule has 0 amide bonds. The highest BCUT2D eigenvalue weighted by molar-refractivity contribution is 5.78. The zero-order valence-electron chi connectivity index (χ0n) is 13.4. The number of nitrogens with zero attached hydrogens (tertiary/aromatic N) is 3. The van der Waals surface area contributed by atoms with Crippen LogP contribution in [0.25, 0.3) is 10.9 Å². The Morgan fingerprint density at radius 3 is 2.84 bits per heavy atom. The maximum absolute atomic E-state index is 14.1. The summed E-state index contributed by atoms with van der Waals surface area (Å²) in [5.74, 6) is -0.976. The molecule has 1 aliphatic heterocycles. The van der Waals surface area contributed by atoms with Gasteiger partial charge in [-0.3, -0.25) is 18.9 Å². The molecule has 3 heterocycles. The van der Waals surface area contributed by atoms with Gasteiger partial charge in [-0.1, -0.05) is 24.3 Å². The predicted molar refractivity (Wildman–Crippen MR) is 90.0 cm³/mol. The molecule has 0 N–H and O–H groups in total. The Labute approximate surface area is 142 Å². The van der Waals surface area contributed by atoms with Crippen molar-refractivity contribution < 1.29 is 9.13 Å². The molecule has 1 atom stereocenters. The van der Waals surface area contributed by atoms with Gasteiger partial charge in [0.05, 0.1) is 24.0 Å². The maximum atomic E-state index is 14.1. The molecule has 6 nitrogen and oxygen atoms in total. The lowest BCUT2D eigenvalue weighted by Gasteiger charge is -2.15. The van der Waals surface area contributed by atoms with E-state index in [1.165, 1.54) is 0 Å². The minimum atomic E-state index is -0.976. The Balaban J connectivity index is 1.78. The lowest BCUT2D eigenvalue weighted by molar-refractivity contribution is 0.0504. The third-order valence-corrected chi connectivity index (χ3v) is 4.35. The van der Waals surface area contributed by atoms with Gasteiger partial charge >= 0.3 is 5.69 Å². The van der Waals surface area contributed by atoms with Crippen LogP contribution in [0.3, 0.4) is 0 Å². The monoisotopic (exact) mass is 341 g/mol. The van der Waals surface area contributed by atoms with E-state index in [2.05, 4.69) is 4.98 Å². The first-order valence-electron chi connectivity index (χ1n) is 8.11. The summed E-state index contributed by atoms with van der Waals surface area (Å²) in [5, 5.41) is 0.953. The van der Waals surface area contributed by atoms with Crippen LogP contribution in [0.1, 0.15) is 24.8 Å². The first-order chi connectivity index (χ1) is 12.1. The number of fused-ring (bicyclic) bond motifs is 1. The van der Waals surface area contributed by atoms with Gasteiger partial charge in [0.2, 0.25) is 5.82 Å². The maximum Gasteiger partial charge on any atom is 0.333 e. The van der Waals surface area contributed by atoms with Crippen LogP contribution in [-0.2, 0) is 11.3 Å². The first-order valence-corrected chi connectivity index (χ1v) is 8.11. The molecule has 2 aromatic heterocycles. The second-order valence-electron chi connectivity index (χ2n) is 6.02. The van der Waals surface area contributed by atoms with E-state index < -0.39 is 23.3 Å². The molecular weight excluding hydrogens is 325 g/mol. The number of ether oxygens (including phenoxy) is 1. The molecule has 1 aromatic carbocycles. The summed E-state index contributed by atoms with van der Waals surface area (Å²) in [4.78, 5) is 29.2. The molecular formula is C18H16FN3O3. The van der Waals surface area contributed by atoms with Crippen molar-refractivity contribution in [2.45, 2.75) is 25.6 Å². The van der Waals surface area contributed by atoms with Crippen molar-refractivity contribution in [3.8, 4) is 0 Å². The van der Waals surface area contributed by atoms with Gasteiger partial charge in [0.15, 0.2) is 0 Å². The summed E-state index contributed by atoms with van der Waals surface area (Å²) >= 11 is 0. The van der Waals surface area contributed by atoms with Crippen LogP contribution in [-0.4, -0.2) is 20.7 Å². The van der Waals surface area contributed by atoms with Gasteiger partial charge in [0.1, 0.15) is 6.23 Å². The van der Waals surface area contributed by atoms with E-state index in [-0.39, 0.29) is 6.54 Å². The first kappa shape index (κ1) is 15.7. The number of aromatic nitrogens is 3. The van der Waals surface area contributed by atoms with Crippen LogP contribution in [0.4, 0.5) is 4.39 Å². The van der Waals surface area contributed by atoms with Crippen LogP contribution >= 0.6 is 0 Å². The normalized spacial score (nSPS) is 17.2. The van der Waals surface area contributed by atoms with Crippen LogP contribution in [0.5, 0.6) is 0 Å². The summed E-state index contributed by atoms with van der Waals surface area (Å²) in [6.45, 7) is 0.428. The molecule has 25 heavy (non-hydrogen) atoms. The average Bonchev–Trinajstić information content (AvgIpc) is 3.16. The number of hydrogen-bond donors (Lipinski definition) is 0. The molecule has 0 spiro atoms. The fraction of sp³-hybridized carbons (Fsp3) is 0.278. The number of hydrogen-bond acceptors (Lipinski definition) is 4. The van der Waals surface area contributed by atoms with Gasteiger partial charge < -0.3 is 4.74 Å². The van der Waals surface area contributed by atoms with Gasteiger partial charge in [-0.15, -0.1) is 0 Å². The topological polar surface area (TPSA) is 66.1 Å². The van der Waals surface area contributed by atoms with E-state index in [4.69, 9.17) is 4.74 Å². The summed E-state index contributed by atoms with van der Waals surface area (Å²) in [5.41, 5.74) is -0.270. The van der Waals surface area contributed by atoms with Crippen molar-refractivity contribution >= 4 is 10.9 Å². The van der Waals surface area contributed by atoms with Crippen LogP contribution < -0.4 is 11.2 Å². The molecule has 1 saturated heterocycles. The Morgan fingerprint density at radius 1 is 1.20 bits per heavy atom. The molecule has 1 unspecified atom stereocenters. The van der Waals surface area contributed by atoms with E-state index in [0.29, 0.717) is 18.7 Å². The summed E-state index contributed by atoms with van der Waals surface area (Å²) in [6, 6.07) is 11.1. The molecule has 7 heteroatoms. The van der Waals surface area contributed by atoms with Crippen molar-refractivity contribution in [3.05, 3.63) is 74.9 Å². The fourth-order valence-electron chi connectivity index (χ4n) is 3.07. The Hall–Kier alpha value is -2.80. The smallest absolute Gasteiger partial charge is 0.333 e. The number of para-hydroxylation sites is 1. The molecule has 0 saturated carbocycles. The molecule has 1 aliphatic rings. The van der Waals surface area contributed by atoms with E-state index in [9.17, 15) is 14.0 Å². The van der Waals surface area contributed by atoms with E-state index in [1.807, 2.05) is 30.3 Å². The van der Waals surface area contributed by atoms with Gasteiger partial charge in [0, 0.05) is 12.0 Å². The fourth-order valence-corrected chi connectivity index (χ4v) is 3.07. The average molecular weight is 341 g/mol. The highest BCUT2D eigenvalue weighted by Gasteiger charge is 2.22. The summed E-state index contributed by atoms with van der Waals surface area (Å²) in [6.07, 6.45) is 1.82. The third kappa shape index (κ3) is 2.87. The van der Waals surface area contributed by atoms with Gasteiger partial charge in [0.25, 0.3) is 5.56 Å². The highest BCUT2D eigenvalue weighted by atomic mass is 19.1. The van der Waals surface area contributed by atoms with Gasteiger partial charge in [-0.25, -0.2) is 4.79 Å². The van der Waals surface area contributed by atoms with Gasteiger partial charge in [-0.05, 0) is 25.0 Å². The van der Waals surface area contributed by atoms with Crippen LogP contribution in [0.15, 0.2) is 52.2 Å². The number of benzene rings is 1. The lowest BCUT2D eigenvalue weighted by atomic mass is 10.2. The third-order valence-electron chi connectivity index (χ3n) is 4.35. The molecule has 4 rings (SSSR count). The molecule has 128 valence electrons. The minimum Gasteiger partial charge on any atom is -0.358 e. The Kier molecular flexibility index (Phi) is 3.93. The molecule has 0 radical (unpaired) electrons. The zero-order valence-corrected chi connectivity index (χ0v) is 13.4. The quantitative estimate of drug-likeness (QED) is 0.731. The van der Waals surface area contributed by atoms with Crippen molar-refractivity contribution in [2.24, 2.45) is 0 Å². The minimum absolute atomic E-state index is 0.0903. The summed E-state index contributed by atoms with van der Waals surface area (Å²) < 4.78 is 21.5. The number of halogens is 1. The molecule has 0 aliphatic carbocycles. The zero-order chi connectivity index (χ0) is 17.4. The Bertz CT molecular complexity index is 1050. The van der Waals surface area contributed by atoms with Crippen molar-refractivity contribution in [3.63, 3.8) is 0 Å². The number of pyridine rings is 1. The van der Waals surface area contributed by atoms with Crippen molar-refractivity contribution in [1.82, 2.24) is 14.1 Å². The van der Waals surface area contributed by atoms with Crippen LogP contribution in [0, 0.1) is 5.82 Å². The van der Waals surface area contributed by atoms with Crippen molar-refractivity contribution in [2.75, 3.05) is 6.61 Å². The lowest BCUT2D eigenvalue weighted by Crippen LogP contribution is -2.42. The largest absolute Gasteiger partial charge is 0.358 e. The molecule has 3 aromatic rings. The second-order valence-corrected chi connectivity index (χ2v) is 6.02. The van der Waals surface area contributed by atoms with Crippen molar-refractivity contribution in [1.29, 1.82) is 0 Å². The summed E-state index contributed by atoms with van der Waals surface area (Å²) in [7, 11) is 0. The SMILES string of the molecule is O=c1c(F)cn(C2CCCO2)c(=O)n1Cc1ccc2ccccc2n1.